The number of nitro benzene ring substituents is 2. The molecule has 0 spiro atoms. The Morgan fingerprint density at radius 1 is 0.943 bits per heavy atom. The molecule has 0 radical (unpaired) electrons. The summed E-state index contributed by atoms with van der Waals surface area (Å²) in [6.45, 7) is 0. The zero-order valence-corrected chi connectivity index (χ0v) is 17.7. The van der Waals surface area contributed by atoms with Crippen molar-refractivity contribution in [2.45, 2.75) is 0 Å². The summed E-state index contributed by atoms with van der Waals surface area (Å²) in [6.07, 6.45) is 3.49. The third-order valence-corrected chi connectivity index (χ3v) is 4.45. The van der Waals surface area contributed by atoms with Gasteiger partial charge in [0.2, 0.25) is 0 Å². The van der Waals surface area contributed by atoms with Gasteiger partial charge in [0.15, 0.2) is 0 Å². The Hall–Kier alpha value is -5.39. The molecular formula is C23H16N4O8. The number of hydrogen-bond donors (Lipinski definition) is 2. The molecule has 0 aliphatic rings. The van der Waals surface area contributed by atoms with E-state index in [1.165, 1.54) is 54.6 Å². The molecule has 0 unspecified atom stereocenters. The Balaban J connectivity index is 1.75. The minimum Gasteiger partial charge on any atom is -0.507 e. The van der Waals surface area contributed by atoms with Gasteiger partial charge in [-0.05, 0) is 42.0 Å². The first-order chi connectivity index (χ1) is 16.7. The molecule has 0 saturated carbocycles. The number of esters is 1. The van der Waals surface area contributed by atoms with E-state index in [0.29, 0.717) is 5.56 Å². The number of ether oxygens (including phenoxy) is 1. The maximum Gasteiger partial charge on any atom is 0.336 e. The van der Waals surface area contributed by atoms with Crippen molar-refractivity contribution in [3.63, 3.8) is 0 Å². The SMILES string of the molecule is O=C(/C=C/c1ccc([N+](=O)[O-])cc1)Oc1ccc([N+](=O)[O-])cc1/C=N/NC(=O)c1ccccc1O. The number of benzene rings is 3. The number of hydrogen-bond acceptors (Lipinski definition) is 9. The number of hydrazone groups is 1. The number of rotatable bonds is 8. The lowest BCUT2D eigenvalue weighted by molar-refractivity contribution is -0.385. The lowest BCUT2D eigenvalue weighted by Gasteiger charge is -2.06. The second-order valence-electron chi connectivity index (χ2n) is 6.80. The third-order valence-electron chi connectivity index (χ3n) is 4.45. The van der Waals surface area contributed by atoms with Gasteiger partial charge in [0.05, 0.1) is 21.6 Å². The van der Waals surface area contributed by atoms with Crippen molar-refractivity contribution in [2.75, 3.05) is 0 Å². The van der Waals surface area contributed by atoms with Gasteiger partial charge < -0.3 is 9.84 Å². The summed E-state index contributed by atoms with van der Waals surface area (Å²) < 4.78 is 5.22. The van der Waals surface area contributed by atoms with Crippen LogP contribution < -0.4 is 10.2 Å². The molecule has 0 aliphatic carbocycles. The summed E-state index contributed by atoms with van der Waals surface area (Å²) in [6, 6.07) is 14.6. The van der Waals surface area contributed by atoms with Gasteiger partial charge in [0.1, 0.15) is 11.5 Å². The van der Waals surface area contributed by atoms with Gasteiger partial charge in [-0.15, -0.1) is 0 Å². The number of carbonyl (C=O) groups is 2. The number of aromatic hydroxyl groups is 1. The monoisotopic (exact) mass is 476 g/mol. The minimum atomic E-state index is -0.829. The van der Waals surface area contributed by atoms with Crippen molar-refractivity contribution in [1.29, 1.82) is 0 Å². The van der Waals surface area contributed by atoms with Crippen LogP contribution in [0, 0.1) is 20.2 Å². The molecule has 0 bridgehead atoms. The molecule has 0 heterocycles. The molecule has 3 aromatic carbocycles. The van der Waals surface area contributed by atoms with E-state index in [4.69, 9.17) is 4.74 Å². The van der Waals surface area contributed by atoms with Gasteiger partial charge in [-0.3, -0.25) is 25.0 Å². The Morgan fingerprint density at radius 2 is 1.60 bits per heavy atom. The van der Waals surface area contributed by atoms with Crippen LogP contribution >= 0.6 is 0 Å². The van der Waals surface area contributed by atoms with Crippen molar-refractivity contribution in [3.8, 4) is 11.5 Å². The normalized spacial score (nSPS) is 10.9. The number of amides is 1. The van der Waals surface area contributed by atoms with Gasteiger partial charge in [-0.2, -0.15) is 5.10 Å². The van der Waals surface area contributed by atoms with Crippen LogP contribution in [0.2, 0.25) is 0 Å². The van der Waals surface area contributed by atoms with E-state index in [2.05, 4.69) is 10.5 Å². The van der Waals surface area contributed by atoms with Crippen LogP contribution in [0.3, 0.4) is 0 Å². The Kier molecular flexibility index (Phi) is 7.60. The van der Waals surface area contributed by atoms with Gasteiger partial charge in [-0.1, -0.05) is 12.1 Å². The van der Waals surface area contributed by atoms with Crippen LogP contribution in [0.5, 0.6) is 11.5 Å². The Morgan fingerprint density at radius 3 is 2.26 bits per heavy atom. The Bertz CT molecular complexity index is 1350. The first kappa shape index (κ1) is 24.3. The van der Waals surface area contributed by atoms with Crippen LogP contribution in [-0.2, 0) is 4.79 Å². The van der Waals surface area contributed by atoms with E-state index in [9.17, 15) is 34.9 Å². The summed E-state index contributed by atoms with van der Waals surface area (Å²) in [4.78, 5) is 45.0. The number of non-ortho nitro benzene ring substituents is 2. The molecule has 176 valence electrons. The van der Waals surface area contributed by atoms with Gasteiger partial charge in [0.25, 0.3) is 17.3 Å². The fourth-order valence-corrected chi connectivity index (χ4v) is 2.74. The average molecular weight is 476 g/mol. The highest BCUT2D eigenvalue weighted by molar-refractivity contribution is 5.97. The molecule has 0 atom stereocenters. The summed E-state index contributed by atoms with van der Waals surface area (Å²) in [5, 5.41) is 35.3. The average Bonchev–Trinajstić information content (AvgIpc) is 2.84. The van der Waals surface area contributed by atoms with E-state index < -0.39 is 21.7 Å². The third kappa shape index (κ3) is 6.55. The standard InChI is InChI=1S/C23H16N4O8/c28-20-4-2-1-3-19(20)23(30)25-24-14-16-13-18(27(33)34)10-11-21(16)35-22(29)12-7-15-5-8-17(9-6-15)26(31)32/h1-14,28H,(H,25,30)/b12-7+,24-14+. The van der Waals surface area contributed by atoms with Gasteiger partial charge >= 0.3 is 5.97 Å². The van der Waals surface area contributed by atoms with Crippen LogP contribution in [0.25, 0.3) is 6.08 Å². The number of para-hydroxylation sites is 1. The Labute approximate surface area is 197 Å². The highest BCUT2D eigenvalue weighted by atomic mass is 16.6. The lowest BCUT2D eigenvalue weighted by atomic mass is 10.2. The molecule has 1 amide bonds. The van der Waals surface area contributed by atoms with E-state index in [1.54, 1.807) is 6.07 Å². The van der Waals surface area contributed by atoms with E-state index in [0.717, 1.165) is 24.4 Å². The maximum absolute atomic E-state index is 12.2. The molecule has 3 aromatic rings. The molecule has 0 fully saturated rings. The summed E-state index contributed by atoms with van der Waals surface area (Å²) >= 11 is 0. The number of phenols is 1. The number of carbonyl (C=O) groups excluding carboxylic acids is 2. The largest absolute Gasteiger partial charge is 0.507 e. The highest BCUT2D eigenvalue weighted by Gasteiger charge is 2.14. The second-order valence-corrected chi connectivity index (χ2v) is 6.80. The van der Waals surface area contributed by atoms with Crippen LogP contribution in [-0.4, -0.2) is 33.0 Å². The van der Waals surface area contributed by atoms with Crippen molar-refractivity contribution in [2.24, 2.45) is 5.10 Å². The van der Waals surface area contributed by atoms with E-state index in [1.807, 2.05) is 0 Å². The smallest absolute Gasteiger partial charge is 0.336 e. The van der Waals surface area contributed by atoms with E-state index >= 15 is 0 Å². The first-order valence-corrected chi connectivity index (χ1v) is 9.79. The lowest BCUT2D eigenvalue weighted by Crippen LogP contribution is -2.17. The predicted octanol–water partition coefficient (Wildman–Crippen LogP) is 3.59. The predicted molar refractivity (Wildman–Crippen MR) is 124 cm³/mol. The molecule has 35 heavy (non-hydrogen) atoms. The molecule has 3 rings (SSSR count). The zero-order valence-electron chi connectivity index (χ0n) is 17.7. The minimum absolute atomic E-state index is 0.0221. The van der Waals surface area contributed by atoms with Gasteiger partial charge in [-0.25, -0.2) is 10.2 Å². The van der Waals surface area contributed by atoms with Gasteiger partial charge in [0, 0.05) is 35.9 Å². The quantitative estimate of drug-likeness (QED) is 0.124. The molecule has 0 saturated heterocycles. The molecule has 0 aromatic heterocycles. The van der Waals surface area contributed by atoms with Crippen molar-refractivity contribution in [1.82, 2.24) is 5.43 Å². The number of nitrogens with zero attached hydrogens (tertiary/aromatic N) is 3. The van der Waals surface area contributed by atoms with Crippen molar-refractivity contribution < 1.29 is 29.3 Å². The topological polar surface area (TPSA) is 174 Å². The first-order valence-electron chi connectivity index (χ1n) is 9.79. The fraction of sp³-hybridized carbons (Fsp3) is 0. The van der Waals surface area contributed by atoms with Crippen molar-refractivity contribution >= 4 is 35.5 Å². The van der Waals surface area contributed by atoms with Crippen LogP contribution in [0.1, 0.15) is 21.5 Å². The molecular weight excluding hydrogens is 460 g/mol. The van der Waals surface area contributed by atoms with Crippen LogP contribution in [0.4, 0.5) is 11.4 Å². The van der Waals surface area contributed by atoms with E-state index in [-0.39, 0.29) is 34.0 Å². The highest BCUT2D eigenvalue weighted by Crippen LogP contribution is 2.23. The zero-order chi connectivity index (χ0) is 25.4. The van der Waals surface area contributed by atoms with Crippen molar-refractivity contribution in [3.05, 3.63) is 110 Å². The summed E-state index contributed by atoms with van der Waals surface area (Å²) in [5.74, 6) is -1.89. The molecule has 0 aliphatic heterocycles. The number of nitrogens with one attached hydrogen (secondary N) is 1. The molecule has 12 heteroatoms. The number of nitro groups is 2. The summed E-state index contributed by atoms with van der Waals surface area (Å²) in [7, 11) is 0. The number of phenolic OH excluding ortho intramolecular Hbond substituents is 1. The second kappa shape index (κ2) is 11.0. The van der Waals surface area contributed by atoms with Crippen LogP contribution in [0.15, 0.2) is 77.9 Å². The maximum atomic E-state index is 12.2. The molecule has 2 N–H and O–H groups in total. The summed E-state index contributed by atoms with van der Waals surface area (Å²) in [5.41, 5.74) is 2.26. The fourth-order valence-electron chi connectivity index (χ4n) is 2.74. The molecule has 12 nitrogen and oxygen atoms in total.